The van der Waals surface area contributed by atoms with Gasteiger partial charge in [-0.2, -0.15) is 0 Å². The Labute approximate surface area is 90.6 Å². The van der Waals surface area contributed by atoms with E-state index in [0.717, 1.165) is 19.1 Å². The first-order valence-corrected chi connectivity index (χ1v) is 5.39. The minimum atomic E-state index is -0.451. The highest BCUT2D eigenvalue weighted by molar-refractivity contribution is 5.81. The fraction of sp³-hybridized carbons (Fsp3) is 0.800. The summed E-state index contributed by atoms with van der Waals surface area (Å²) in [5, 5.41) is 2.69. The summed E-state index contributed by atoms with van der Waals surface area (Å²) < 4.78 is 0. The van der Waals surface area contributed by atoms with Crippen LogP contribution in [0.3, 0.4) is 0 Å². The number of carbonyl (C=O) groups excluding carboxylic acids is 2. The Kier molecular flexibility index (Phi) is 9.01. The average molecular weight is 215 g/mol. The van der Waals surface area contributed by atoms with Crippen LogP contribution < -0.4 is 16.8 Å². The van der Waals surface area contributed by atoms with Crippen molar-refractivity contribution in [2.45, 2.75) is 38.1 Å². The molecule has 1 amide bonds. The van der Waals surface area contributed by atoms with Gasteiger partial charge >= 0.3 is 0 Å². The van der Waals surface area contributed by atoms with E-state index in [1.54, 1.807) is 0 Å². The molecular weight excluding hydrogens is 194 g/mol. The quantitative estimate of drug-likeness (QED) is 0.358. The van der Waals surface area contributed by atoms with Gasteiger partial charge in [-0.3, -0.25) is 4.79 Å². The van der Waals surface area contributed by atoms with Crippen LogP contribution >= 0.6 is 0 Å². The van der Waals surface area contributed by atoms with Crippen molar-refractivity contribution < 1.29 is 9.59 Å². The number of carbonyl (C=O) groups is 2. The lowest BCUT2D eigenvalue weighted by Crippen LogP contribution is -2.40. The van der Waals surface area contributed by atoms with Crippen LogP contribution in [0.5, 0.6) is 0 Å². The van der Waals surface area contributed by atoms with Crippen molar-refractivity contribution in [2.75, 3.05) is 13.1 Å². The molecule has 1 unspecified atom stereocenters. The molecule has 0 aliphatic heterocycles. The zero-order chi connectivity index (χ0) is 11.5. The molecule has 5 nitrogen and oxygen atoms in total. The molecule has 0 radical (unpaired) electrons. The number of amides is 1. The van der Waals surface area contributed by atoms with Gasteiger partial charge in [0.2, 0.25) is 5.91 Å². The zero-order valence-electron chi connectivity index (χ0n) is 9.08. The summed E-state index contributed by atoms with van der Waals surface area (Å²) >= 11 is 0. The monoisotopic (exact) mass is 215 g/mol. The van der Waals surface area contributed by atoms with Gasteiger partial charge in [-0.15, -0.1) is 0 Å². The summed E-state index contributed by atoms with van der Waals surface area (Å²) in [6, 6.07) is -0.451. The van der Waals surface area contributed by atoms with E-state index in [2.05, 4.69) is 5.32 Å². The third-order valence-corrected chi connectivity index (χ3v) is 2.10. The average Bonchev–Trinajstić information content (AvgIpc) is 2.24. The van der Waals surface area contributed by atoms with Crippen molar-refractivity contribution in [3.63, 3.8) is 0 Å². The number of hydrogen-bond acceptors (Lipinski definition) is 4. The van der Waals surface area contributed by atoms with Crippen molar-refractivity contribution in [1.82, 2.24) is 5.32 Å². The van der Waals surface area contributed by atoms with Crippen molar-refractivity contribution in [3.05, 3.63) is 0 Å². The van der Waals surface area contributed by atoms with Gasteiger partial charge in [-0.05, 0) is 25.8 Å². The van der Waals surface area contributed by atoms with E-state index in [9.17, 15) is 9.59 Å². The van der Waals surface area contributed by atoms with E-state index < -0.39 is 6.04 Å². The van der Waals surface area contributed by atoms with Crippen molar-refractivity contribution >= 4 is 12.2 Å². The highest BCUT2D eigenvalue weighted by atomic mass is 16.2. The third kappa shape index (κ3) is 8.08. The molecule has 5 N–H and O–H groups in total. The molecule has 1 atom stereocenters. The number of rotatable bonds is 9. The van der Waals surface area contributed by atoms with Crippen LogP contribution in [0.2, 0.25) is 0 Å². The topological polar surface area (TPSA) is 98.2 Å². The molecule has 0 fully saturated rings. The predicted octanol–water partition coefficient (Wildman–Crippen LogP) is -0.462. The van der Waals surface area contributed by atoms with Gasteiger partial charge in [0.25, 0.3) is 0 Å². The molecule has 15 heavy (non-hydrogen) atoms. The third-order valence-electron chi connectivity index (χ3n) is 2.10. The molecule has 0 aliphatic rings. The Hall–Kier alpha value is -0.940. The minimum absolute atomic E-state index is 0.141. The van der Waals surface area contributed by atoms with Crippen LogP contribution in [0.4, 0.5) is 0 Å². The Morgan fingerprint density at radius 3 is 2.67 bits per heavy atom. The summed E-state index contributed by atoms with van der Waals surface area (Å²) in [7, 11) is 0. The normalized spacial score (nSPS) is 12.1. The summed E-state index contributed by atoms with van der Waals surface area (Å²) in [5.74, 6) is -0.141. The molecular formula is C10H21N3O2. The minimum Gasteiger partial charge on any atom is -0.355 e. The summed E-state index contributed by atoms with van der Waals surface area (Å²) in [6.45, 7) is 1.15. The molecule has 5 heteroatoms. The maximum Gasteiger partial charge on any atom is 0.236 e. The Bertz CT molecular complexity index is 186. The highest BCUT2D eigenvalue weighted by Gasteiger charge is 2.11. The van der Waals surface area contributed by atoms with Crippen LogP contribution in [0, 0.1) is 0 Å². The maximum atomic E-state index is 11.3. The van der Waals surface area contributed by atoms with Crippen molar-refractivity contribution in [2.24, 2.45) is 11.5 Å². The van der Waals surface area contributed by atoms with Crippen molar-refractivity contribution in [1.29, 1.82) is 0 Å². The number of hydrogen-bond donors (Lipinski definition) is 3. The van der Waals surface area contributed by atoms with Gasteiger partial charge in [0.05, 0.1) is 6.04 Å². The van der Waals surface area contributed by atoms with E-state index in [-0.39, 0.29) is 5.91 Å². The Morgan fingerprint density at radius 1 is 1.33 bits per heavy atom. The van der Waals surface area contributed by atoms with Crippen LogP contribution in [0.15, 0.2) is 0 Å². The van der Waals surface area contributed by atoms with Crippen LogP contribution in [0.1, 0.15) is 32.1 Å². The molecule has 0 aliphatic carbocycles. The largest absolute Gasteiger partial charge is 0.355 e. The molecule has 0 rings (SSSR count). The van der Waals surface area contributed by atoms with Gasteiger partial charge < -0.3 is 21.6 Å². The molecule has 0 spiro atoms. The van der Waals surface area contributed by atoms with E-state index in [1.807, 2.05) is 0 Å². The van der Waals surface area contributed by atoms with Gasteiger partial charge in [0, 0.05) is 13.0 Å². The molecule has 0 bridgehead atoms. The standard InChI is InChI=1S/C10H21N3O2/c11-6-2-1-5-9(12)10(15)13-7-3-4-8-14/h8-9H,1-7,11-12H2,(H,13,15). The van der Waals surface area contributed by atoms with E-state index in [4.69, 9.17) is 11.5 Å². The van der Waals surface area contributed by atoms with Gasteiger partial charge in [-0.1, -0.05) is 6.42 Å². The molecule has 0 saturated heterocycles. The lowest BCUT2D eigenvalue weighted by atomic mass is 10.1. The van der Waals surface area contributed by atoms with Crippen LogP contribution in [-0.4, -0.2) is 31.3 Å². The Balaban J connectivity index is 3.46. The zero-order valence-corrected chi connectivity index (χ0v) is 9.08. The van der Waals surface area contributed by atoms with Gasteiger partial charge in [0.15, 0.2) is 0 Å². The molecule has 0 heterocycles. The fourth-order valence-corrected chi connectivity index (χ4v) is 1.17. The first kappa shape index (κ1) is 14.1. The lowest BCUT2D eigenvalue weighted by molar-refractivity contribution is -0.122. The highest BCUT2D eigenvalue weighted by Crippen LogP contribution is 1.97. The molecule has 0 aromatic heterocycles. The van der Waals surface area contributed by atoms with Gasteiger partial charge in [0.1, 0.15) is 6.29 Å². The number of nitrogens with one attached hydrogen (secondary N) is 1. The van der Waals surface area contributed by atoms with Crippen LogP contribution in [0.25, 0.3) is 0 Å². The molecule has 0 aromatic carbocycles. The molecule has 88 valence electrons. The van der Waals surface area contributed by atoms with E-state index >= 15 is 0 Å². The Morgan fingerprint density at radius 2 is 2.07 bits per heavy atom. The van der Waals surface area contributed by atoms with Crippen molar-refractivity contribution in [3.8, 4) is 0 Å². The molecule has 0 aromatic rings. The van der Waals surface area contributed by atoms with Gasteiger partial charge in [-0.25, -0.2) is 0 Å². The predicted molar refractivity (Wildman–Crippen MR) is 59.2 cm³/mol. The number of aldehydes is 1. The second-order valence-electron chi connectivity index (χ2n) is 3.49. The first-order valence-electron chi connectivity index (χ1n) is 5.39. The SMILES string of the molecule is NCCCCC(N)C(=O)NCCCC=O. The fourth-order valence-electron chi connectivity index (χ4n) is 1.17. The summed E-state index contributed by atoms with van der Waals surface area (Å²) in [4.78, 5) is 21.4. The second-order valence-corrected chi connectivity index (χ2v) is 3.49. The smallest absolute Gasteiger partial charge is 0.236 e. The number of unbranched alkanes of at least 4 members (excludes halogenated alkanes) is 2. The summed E-state index contributed by atoms with van der Waals surface area (Å²) in [6.07, 6.45) is 4.42. The summed E-state index contributed by atoms with van der Waals surface area (Å²) in [5.41, 5.74) is 11.0. The maximum absolute atomic E-state index is 11.3. The lowest BCUT2D eigenvalue weighted by Gasteiger charge is -2.11. The van der Waals surface area contributed by atoms with Crippen LogP contribution in [-0.2, 0) is 9.59 Å². The first-order chi connectivity index (χ1) is 7.22. The van der Waals surface area contributed by atoms with E-state index in [1.165, 1.54) is 0 Å². The molecule has 0 saturated carbocycles. The second kappa shape index (κ2) is 9.61. The van der Waals surface area contributed by atoms with E-state index in [0.29, 0.717) is 32.4 Å². The number of nitrogens with two attached hydrogens (primary N) is 2.